The maximum atomic E-state index is 2.74. The molecule has 184 valence electrons. The summed E-state index contributed by atoms with van der Waals surface area (Å²) in [5.74, 6) is 1.68. The average molecular weight is 452 g/mol. The number of hydrogen-bond donors (Lipinski definition) is 0. The predicted octanol–water partition coefficient (Wildman–Crippen LogP) is 6.92. The van der Waals surface area contributed by atoms with Crippen LogP contribution in [-0.4, -0.2) is 50.7 Å². The van der Waals surface area contributed by atoms with Gasteiger partial charge in [-0.15, -0.1) is 0 Å². The summed E-state index contributed by atoms with van der Waals surface area (Å²) < 4.78 is 0. The van der Waals surface area contributed by atoms with Crippen molar-refractivity contribution in [2.45, 2.75) is 91.4 Å². The van der Waals surface area contributed by atoms with Crippen molar-refractivity contribution in [3.8, 4) is 0 Å². The lowest BCUT2D eigenvalue weighted by Crippen LogP contribution is -2.47. The van der Waals surface area contributed by atoms with Gasteiger partial charge in [-0.2, -0.15) is 0 Å². The van der Waals surface area contributed by atoms with Crippen molar-refractivity contribution < 1.29 is 0 Å². The summed E-state index contributed by atoms with van der Waals surface area (Å²) in [7, 11) is 0. The molecule has 4 aliphatic rings. The van der Waals surface area contributed by atoms with Crippen LogP contribution in [0.2, 0.25) is 0 Å². The maximum absolute atomic E-state index is 2.74. The van der Waals surface area contributed by atoms with E-state index in [0.717, 1.165) is 5.92 Å². The molecule has 2 saturated carbocycles. The summed E-state index contributed by atoms with van der Waals surface area (Å²) >= 11 is 0. The van der Waals surface area contributed by atoms with Crippen molar-refractivity contribution in [3.63, 3.8) is 0 Å². The first-order valence-electron chi connectivity index (χ1n) is 14.1. The zero-order valence-corrected chi connectivity index (χ0v) is 22.0. The number of anilines is 2. The Kier molecular flexibility index (Phi) is 6.73. The number of nitrogens with zero attached hydrogens (tertiary/aromatic N) is 3. The maximum Gasteiger partial charge on any atom is 0.0404 e. The Bertz CT molecular complexity index is 777. The molecule has 33 heavy (non-hydrogen) atoms. The van der Waals surface area contributed by atoms with Gasteiger partial charge in [0.2, 0.25) is 0 Å². The highest BCUT2D eigenvalue weighted by atomic mass is 15.3. The molecule has 0 N–H and O–H groups in total. The van der Waals surface area contributed by atoms with Crippen LogP contribution in [-0.2, 0) is 0 Å². The van der Waals surface area contributed by atoms with E-state index in [2.05, 4.69) is 60.6 Å². The Morgan fingerprint density at radius 2 is 1.39 bits per heavy atom. The number of hydrogen-bond acceptors (Lipinski definition) is 3. The SMILES string of the molecule is CC1(C)CC(c2cc(N3CCCCCC3)ccc2N2CCN(CC3CC3)CC2)CC(C)(C)C1. The molecule has 0 spiro atoms. The van der Waals surface area contributed by atoms with E-state index in [1.807, 2.05) is 0 Å². The minimum absolute atomic E-state index is 0.422. The molecule has 0 bridgehead atoms. The highest BCUT2D eigenvalue weighted by molar-refractivity contribution is 5.63. The summed E-state index contributed by atoms with van der Waals surface area (Å²) in [6.45, 7) is 18.7. The van der Waals surface area contributed by atoms with Gasteiger partial charge < -0.3 is 9.80 Å². The first kappa shape index (κ1) is 23.5. The Hall–Kier alpha value is -1.22. The number of piperazine rings is 1. The summed E-state index contributed by atoms with van der Waals surface area (Å²) in [5, 5.41) is 0. The molecule has 0 radical (unpaired) electrons. The molecule has 4 fully saturated rings. The van der Waals surface area contributed by atoms with E-state index < -0.39 is 0 Å². The van der Waals surface area contributed by atoms with E-state index in [1.165, 1.54) is 109 Å². The van der Waals surface area contributed by atoms with Crippen LogP contribution in [0.1, 0.15) is 97.0 Å². The molecule has 5 rings (SSSR count). The molecule has 0 unspecified atom stereocenters. The van der Waals surface area contributed by atoms with Crippen LogP contribution in [0, 0.1) is 16.7 Å². The molecule has 2 saturated heterocycles. The van der Waals surface area contributed by atoms with Crippen LogP contribution in [0.15, 0.2) is 18.2 Å². The van der Waals surface area contributed by atoms with E-state index in [1.54, 1.807) is 11.3 Å². The molecule has 2 aliphatic heterocycles. The summed E-state index contributed by atoms with van der Waals surface area (Å²) in [5.41, 5.74) is 5.55. The van der Waals surface area contributed by atoms with Gasteiger partial charge in [-0.05, 0) is 91.4 Å². The van der Waals surface area contributed by atoms with E-state index in [-0.39, 0.29) is 0 Å². The zero-order valence-electron chi connectivity index (χ0n) is 22.0. The highest BCUT2D eigenvalue weighted by Crippen LogP contribution is 2.53. The van der Waals surface area contributed by atoms with Crippen molar-refractivity contribution in [1.82, 2.24) is 4.90 Å². The fraction of sp³-hybridized carbons (Fsp3) is 0.800. The molecule has 3 nitrogen and oxygen atoms in total. The molecule has 1 aromatic rings. The van der Waals surface area contributed by atoms with Gasteiger partial charge in [0.1, 0.15) is 0 Å². The van der Waals surface area contributed by atoms with Gasteiger partial charge in [0.05, 0.1) is 0 Å². The summed E-state index contributed by atoms with van der Waals surface area (Å²) in [6, 6.07) is 7.61. The highest BCUT2D eigenvalue weighted by Gasteiger charge is 2.40. The molecule has 3 heteroatoms. The van der Waals surface area contributed by atoms with Crippen LogP contribution >= 0.6 is 0 Å². The lowest BCUT2D eigenvalue weighted by atomic mass is 9.60. The molecule has 2 aliphatic carbocycles. The van der Waals surface area contributed by atoms with Gasteiger partial charge in [0, 0.05) is 57.2 Å². The van der Waals surface area contributed by atoms with Gasteiger partial charge in [-0.25, -0.2) is 0 Å². The molecular formula is C30H49N3. The van der Waals surface area contributed by atoms with Gasteiger partial charge in [0.25, 0.3) is 0 Å². The summed E-state index contributed by atoms with van der Waals surface area (Å²) in [4.78, 5) is 8.15. The quantitative estimate of drug-likeness (QED) is 0.481. The second-order valence-corrected chi connectivity index (χ2v) is 13.5. The van der Waals surface area contributed by atoms with Crippen LogP contribution in [0.3, 0.4) is 0 Å². The third kappa shape index (κ3) is 5.89. The van der Waals surface area contributed by atoms with Crippen molar-refractivity contribution in [2.24, 2.45) is 16.7 Å². The topological polar surface area (TPSA) is 9.72 Å². The van der Waals surface area contributed by atoms with E-state index in [0.29, 0.717) is 16.7 Å². The minimum Gasteiger partial charge on any atom is -0.372 e. The van der Waals surface area contributed by atoms with E-state index in [4.69, 9.17) is 0 Å². The minimum atomic E-state index is 0.422. The Balaban J connectivity index is 1.42. The molecule has 2 heterocycles. The zero-order chi connectivity index (χ0) is 23.1. The molecule has 1 aromatic carbocycles. The van der Waals surface area contributed by atoms with Crippen molar-refractivity contribution in [2.75, 3.05) is 55.6 Å². The average Bonchev–Trinajstić information content (AvgIpc) is 3.59. The Morgan fingerprint density at radius 3 is 2.00 bits per heavy atom. The first-order chi connectivity index (χ1) is 15.8. The lowest BCUT2D eigenvalue weighted by molar-refractivity contribution is 0.0970. The molecular weight excluding hydrogens is 402 g/mol. The van der Waals surface area contributed by atoms with Crippen LogP contribution in [0.25, 0.3) is 0 Å². The van der Waals surface area contributed by atoms with Gasteiger partial charge in [0.15, 0.2) is 0 Å². The summed E-state index contributed by atoms with van der Waals surface area (Å²) in [6.07, 6.45) is 12.4. The fourth-order valence-corrected chi connectivity index (χ4v) is 7.59. The third-order valence-electron chi connectivity index (χ3n) is 8.90. The molecule has 0 aromatic heterocycles. The normalized spacial score (nSPS) is 26.9. The van der Waals surface area contributed by atoms with Gasteiger partial charge in [-0.1, -0.05) is 40.5 Å². The number of rotatable bonds is 5. The van der Waals surface area contributed by atoms with Gasteiger partial charge in [-0.3, -0.25) is 4.90 Å². The monoisotopic (exact) mass is 451 g/mol. The molecule has 0 atom stereocenters. The third-order valence-corrected chi connectivity index (χ3v) is 8.90. The van der Waals surface area contributed by atoms with Crippen LogP contribution in [0.5, 0.6) is 0 Å². The van der Waals surface area contributed by atoms with Crippen LogP contribution in [0.4, 0.5) is 11.4 Å². The predicted molar refractivity (Wildman–Crippen MR) is 143 cm³/mol. The van der Waals surface area contributed by atoms with E-state index in [9.17, 15) is 0 Å². The van der Waals surface area contributed by atoms with Crippen LogP contribution < -0.4 is 9.80 Å². The number of benzene rings is 1. The largest absolute Gasteiger partial charge is 0.372 e. The lowest BCUT2D eigenvalue weighted by Gasteiger charge is -2.46. The second-order valence-electron chi connectivity index (χ2n) is 13.5. The van der Waals surface area contributed by atoms with Crippen molar-refractivity contribution >= 4 is 11.4 Å². The Morgan fingerprint density at radius 1 is 0.758 bits per heavy atom. The first-order valence-corrected chi connectivity index (χ1v) is 14.1. The standard InChI is InChI=1S/C30H49N3/c1-29(2)20-25(21-30(3,4)23-29)27-19-26(32-13-7-5-6-8-14-32)11-12-28(27)33-17-15-31(16-18-33)22-24-9-10-24/h11-12,19,24-25H,5-10,13-18,20-23H2,1-4H3. The van der Waals surface area contributed by atoms with E-state index >= 15 is 0 Å². The Labute approximate surface area is 203 Å². The smallest absolute Gasteiger partial charge is 0.0404 e. The second kappa shape index (κ2) is 9.44. The van der Waals surface area contributed by atoms with Crippen molar-refractivity contribution in [3.05, 3.63) is 23.8 Å². The van der Waals surface area contributed by atoms with Gasteiger partial charge >= 0.3 is 0 Å². The van der Waals surface area contributed by atoms with Crippen molar-refractivity contribution in [1.29, 1.82) is 0 Å². The fourth-order valence-electron chi connectivity index (χ4n) is 7.59. The molecule has 0 amide bonds.